The summed E-state index contributed by atoms with van der Waals surface area (Å²) in [5, 5.41) is 8.02. The highest BCUT2D eigenvalue weighted by atomic mass is 19.1. The molecular formula is C20H19FN5O. The Morgan fingerprint density at radius 3 is 3.04 bits per heavy atom. The Kier molecular flexibility index (Phi) is 3.82. The molecule has 1 fully saturated rings. The number of nitrogens with zero attached hydrogens (tertiary/aromatic N) is 3. The van der Waals surface area contributed by atoms with Crippen LogP contribution < -0.4 is 4.90 Å². The van der Waals surface area contributed by atoms with Gasteiger partial charge in [-0.3, -0.25) is 5.10 Å². The first-order valence-electron chi connectivity index (χ1n) is 9.01. The van der Waals surface area contributed by atoms with Crippen molar-refractivity contribution in [3.8, 4) is 11.5 Å². The monoisotopic (exact) mass is 364 g/mol. The van der Waals surface area contributed by atoms with Crippen molar-refractivity contribution in [1.29, 1.82) is 0 Å². The second-order valence-corrected chi connectivity index (χ2v) is 6.84. The number of anilines is 1. The van der Waals surface area contributed by atoms with Crippen molar-refractivity contribution in [2.24, 2.45) is 0 Å². The first-order valence-corrected chi connectivity index (χ1v) is 9.01. The maximum Gasteiger partial charge on any atom is 0.159 e. The summed E-state index contributed by atoms with van der Waals surface area (Å²) in [6, 6.07) is 10.8. The van der Waals surface area contributed by atoms with Crippen molar-refractivity contribution in [3.63, 3.8) is 0 Å². The number of aromatic nitrogens is 4. The molecule has 1 atom stereocenters. The molecule has 2 aromatic carbocycles. The Morgan fingerprint density at radius 1 is 1.19 bits per heavy atom. The summed E-state index contributed by atoms with van der Waals surface area (Å²) in [5.74, 6) is 0.367. The molecule has 2 aromatic heterocycles. The predicted molar refractivity (Wildman–Crippen MR) is 103 cm³/mol. The molecule has 0 spiro atoms. The van der Waals surface area contributed by atoms with Crippen LogP contribution in [0.5, 0.6) is 0 Å². The lowest BCUT2D eigenvalue weighted by molar-refractivity contribution is 0.0993. The van der Waals surface area contributed by atoms with Gasteiger partial charge in [0.25, 0.3) is 0 Å². The number of aromatic amines is 2. The number of fused-ring (bicyclic) bond motifs is 2. The van der Waals surface area contributed by atoms with E-state index in [0.29, 0.717) is 17.0 Å². The normalized spacial score (nSPS) is 18.3. The minimum Gasteiger partial charge on any atom is -0.376 e. The fourth-order valence-corrected chi connectivity index (χ4v) is 3.61. The SMILES string of the molecule is [CH2]C1CN(c2ccc3nc(-c4n[nH]c5cc(F)ccc45)[nH]c3c2)CCCO1. The molecule has 6 nitrogen and oxygen atoms in total. The summed E-state index contributed by atoms with van der Waals surface area (Å²) < 4.78 is 19.0. The topological polar surface area (TPSA) is 69.8 Å². The van der Waals surface area contributed by atoms with Crippen LogP contribution >= 0.6 is 0 Å². The number of benzene rings is 2. The van der Waals surface area contributed by atoms with Crippen molar-refractivity contribution < 1.29 is 9.13 Å². The predicted octanol–water partition coefficient (Wildman–Crippen LogP) is 3.67. The van der Waals surface area contributed by atoms with E-state index in [-0.39, 0.29) is 11.9 Å². The van der Waals surface area contributed by atoms with Gasteiger partial charge >= 0.3 is 0 Å². The Balaban J connectivity index is 1.53. The van der Waals surface area contributed by atoms with Gasteiger partial charge in [-0.1, -0.05) is 0 Å². The highest BCUT2D eigenvalue weighted by Crippen LogP contribution is 2.28. The zero-order valence-electron chi connectivity index (χ0n) is 14.7. The number of imidazole rings is 1. The van der Waals surface area contributed by atoms with E-state index in [1.54, 1.807) is 6.07 Å². The molecule has 27 heavy (non-hydrogen) atoms. The first kappa shape index (κ1) is 16.3. The van der Waals surface area contributed by atoms with Gasteiger partial charge in [-0.2, -0.15) is 5.10 Å². The van der Waals surface area contributed by atoms with Crippen LogP contribution in [-0.4, -0.2) is 46.0 Å². The van der Waals surface area contributed by atoms with E-state index < -0.39 is 0 Å². The highest BCUT2D eigenvalue weighted by Gasteiger charge is 2.17. The third-order valence-corrected chi connectivity index (χ3v) is 4.93. The molecule has 1 unspecified atom stereocenters. The van der Waals surface area contributed by atoms with Gasteiger partial charge in [0.1, 0.15) is 11.5 Å². The lowest BCUT2D eigenvalue weighted by atomic mass is 10.2. The molecule has 137 valence electrons. The van der Waals surface area contributed by atoms with Crippen molar-refractivity contribution >= 4 is 27.6 Å². The number of halogens is 1. The molecule has 7 heteroatoms. The van der Waals surface area contributed by atoms with Gasteiger partial charge in [0, 0.05) is 30.8 Å². The van der Waals surface area contributed by atoms with Crippen LogP contribution in [-0.2, 0) is 4.74 Å². The van der Waals surface area contributed by atoms with Crippen LogP contribution in [0.2, 0.25) is 0 Å². The Morgan fingerprint density at radius 2 is 2.11 bits per heavy atom. The average Bonchev–Trinajstić information content (AvgIpc) is 3.20. The fraction of sp³-hybridized carbons (Fsp3) is 0.250. The molecule has 0 amide bonds. The van der Waals surface area contributed by atoms with Crippen molar-refractivity contribution in [2.45, 2.75) is 12.5 Å². The van der Waals surface area contributed by atoms with E-state index in [2.05, 4.69) is 44.1 Å². The minimum atomic E-state index is -0.294. The van der Waals surface area contributed by atoms with Gasteiger partial charge in [-0.25, -0.2) is 9.37 Å². The lowest BCUT2D eigenvalue weighted by Gasteiger charge is -2.24. The smallest absolute Gasteiger partial charge is 0.159 e. The molecule has 0 saturated carbocycles. The zero-order chi connectivity index (χ0) is 18.4. The minimum absolute atomic E-state index is 0.0312. The third kappa shape index (κ3) is 2.94. The second-order valence-electron chi connectivity index (χ2n) is 6.84. The summed E-state index contributed by atoms with van der Waals surface area (Å²) in [5.41, 5.74) is 4.25. The van der Waals surface area contributed by atoms with Crippen LogP contribution in [0, 0.1) is 12.7 Å². The number of hydrogen-bond acceptors (Lipinski definition) is 4. The third-order valence-electron chi connectivity index (χ3n) is 4.93. The van der Waals surface area contributed by atoms with Crippen LogP contribution in [0.3, 0.4) is 0 Å². The van der Waals surface area contributed by atoms with Crippen molar-refractivity contribution in [2.75, 3.05) is 24.6 Å². The van der Waals surface area contributed by atoms with Crippen LogP contribution in [0.15, 0.2) is 36.4 Å². The number of H-pyrrole nitrogens is 2. The summed E-state index contributed by atoms with van der Waals surface area (Å²) in [4.78, 5) is 10.3. The molecule has 1 aliphatic rings. The largest absolute Gasteiger partial charge is 0.376 e. The van der Waals surface area contributed by atoms with Gasteiger partial charge in [0.05, 0.1) is 22.7 Å². The maximum absolute atomic E-state index is 13.4. The first-order chi connectivity index (χ1) is 13.2. The average molecular weight is 364 g/mol. The molecule has 1 aliphatic heterocycles. The Bertz CT molecular complexity index is 1120. The van der Waals surface area contributed by atoms with E-state index in [9.17, 15) is 4.39 Å². The molecule has 1 radical (unpaired) electrons. The molecular weight excluding hydrogens is 345 g/mol. The van der Waals surface area contributed by atoms with Crippen molar-refractivity contribution in [3.05, 3.63) is 49.1 Å². The molecule has 3 heterocycles. The van der Waals surface area contributed by atoms with Gasteiger partial charge in [-0.05, 0) is 49.7 Å². The standard InChI is InChI=1S/C20H19FN5O/c1-12-11-26(7-2-8-27-12)14-4-6-16-18(10-14)23-20(22-16)19-15-5-3-13(21)9-17(15)24-25-19/h3-6,9-10,12H,1-2,7-8,11H2,(H,22,23)(H,24,25). The van der Waals surface area contributed by atoms with E-state index in [0.717, 1.165) is 48.2 Å². The molecule has 5 rings (SSSR count). The van der Waals surface area contributed by atoms with Gasteiger partial charge in [-0.15, -0.1) is 0 Å². The van der Waals surface area contributed by atoms with Crippen LogP contribution in [0.25, 0.3) is 33.5 Å². The lowest BCUT2D eigenvalue weighted by Crippen LogP contribution is -2.30. The van der Waals surface area contributed by atoms with Gasteiger partial charge in [0.2, 0.25) is 0 Å². The summed E-state index contributed by atoms with van der Waals surface area (Å²) in [6.45, 7) is 6.49. The summed E-state index contributed by atoms with van der Waals surface area (Å²) in [6.07, 6.45) is 0.949. The second kappa shape index (κ2) is 6.35. The van der Waals surface area contributed by atoms with Crippen LogP contribution in [0.4, 0.5) is 10.1 Å². The maximum atomic E-state index is 13.4. The van der Waals surface area contributed by atoms with E-state index in [1.807, 2.05) is 6.07 Å². The molecule has 1 saturated heterocycles. The number of rotatable bonds is 2. The summed E-state index contributed by atoms with van der Waals surface area (Å²) >= 11 is 0. The Labute approximate surface area is 155 Å². The zero-order valence-corrected chi connectivity index (χ0v) is 14.7. The number of hydrogen-bond donors (Lipinski definition) is 2. The Hall–Kier alpha value is -2.93. The number of ether oxygens (including phenoxy) is 1. The van der Waals surface area contributed by atoms with E-state index in [4.69, 9.17) is 4.74 Å². The quantitative estimate of drug-likeness (QED) is 0.569. The van der Waals surface area contributed by atoms with Gasteiger partial charge < -0.3 is 14.6 Å². The van der Waals surface area contributed by atoms with Gasteiger partial charge in [0.15, 0.2) is 5.82 Å². The van der Waals surface area contributed by atoms with E-state index >= 15 is 0 Å². The molecule has 4 aromatic rings. The summed E-state index contributed by atoms with van der Waals surface area (Å²) in [7, 11) is 0. The van der Waals surface area contributed by atoms with E-state index in [1.165, 1.54) is 12.1 Å². The fourth-order valence-electron chi connectivity index (χ4n) is 3.61. The highest BCUT2D eigenvalue weighted by molar-refractivity contribution is 5.93. The van der Waals surface area contributed by atoms with Crippen molar-refractivity contribution in [1.82, 2.24) is 20.2 Å². The molecule has 0 aliphatic carbocycles. The van der Waals surface area contributed by atoms with Crippen LogP contribution in [0.1, 0.15) is 6.42 Å². The molecule has 0 bridgehead atoms. The number of nitrogens with one attached hydrogen (secondary N) is 2. The molecule has 2 N–H and O–H groups in total.